The van der Waals surface area contributed by atoms with E-state index in [0.717, 1.165) is 35.0 Å². The van der Waals surface area contributed by atoms with Gasteiger partial charge in [-0.05, 0) is 44.3 Å². The number of fused-ring (bicyclic) bond motifs is 1. The van der Waals surface area contributed by atoms with Crippen LogP contribution < -0.4 is 0 Å². The maximum Gasteiger partial charge on any atom is 0.258 e. The monoisotopic (exact) mass is 347 g/mol. The summed E-state index contributed by atoms with van der Waals surface area (Å²) in [4.78, 5) is 6.74. The zero-order valence-electron chi connectivity index (χ0n) is 15.2. The van der Waals surface area contributed by atoms with Crippen LogP contribution in [0.1, 0.15) is 5.56 Å². The first-order valence-electron chi connectivity index (χ1n) is 8.60. The molecule has 0 N–H and O–H groups in total. The molecule has 0 saturated carbocycles. The van der Waals surface area contributed by atoms with E-state index >= 15 is 0 Å². The minimum Gasteiger partial charge on any atom is -0.334 e. The normalized spacial score (nSPS) is 11.5. The molecule has 0 unspecified atom stereocenters. The minimum atomic E-state index is 0.532. The number of hydrogen-bond donors (Lipinski definition) is 0. The van der Waals surface area contributed by atoms with Crippen LogP contribution in [0.15, 0.2) is 53.2 Å². The van der Waals surface area contributed by atoms with E-state index in [4.69, 9.17) is 4.52 Å². The Morgan fingerprint density at radius 3 is 2.58 bits per heavy atom. The molecule has 0 radical (unpaired) electrons. The van der Waals surface area contributed by atoms with Crippen molar-refractivity contribution in [3.63, 3.8) is 0 Å². The lowest BCUT2D eigenvalue weighted by Gasteiger charge is -2.08. The molecule has 132 valence electrons. The van der Waals surface area contributed by atoms with Crippen LogP contribution in [0.5, 0.6) is 0 Å². The molecule has 0 amide bonds. The number of hydrogen-bond acceptors (Lipinski definition) is 5. The summed E-state index contributed by atoms with van der Waals surface area (Å²) < 4.78 is 7.31. The van der Waals surface area contributed by atoms with Gasteiger partial charge in [0.25, 0.3) is 5.89 Å². The standard InChI is InChI=1S/C20H21N5O/c1-24(2)11-10-14-4-6-15(7-5-14)20-22-19(23-26-20)16-8-9-17-13-21-25(3)18(17)12-16/h4-9,12-13H,10-11H2,1-3H3. The lowest BCUT2D eigenvalue weighted by molar-refractivity contribution is 0.413. The zero-order chi connectivity index (χ0) is 18.1. The summed E-state index contributed by atoms with van der Waals surface area (Å²) in [5.41, 5.74) is 4.18. The van der Waals surface area contributed by atoms with Crippen molar-refractivity contribution in [3.05, 3.63) is 54.2 Å². The van der Waals surface area contributed by atoms with Crippen molar-refractivity contribution in [2.45, 2.75) is 6.42 Å². The lowest BCUT2D eigenvalue weighted by atomic mass is 10.1. The van der Waals surface area contributed by atoms with Gasteiger partial charge in [-0.25, -0.2) is 0 Å². The predicted molar refractivity (Wildman–Crippen MR) is 102 cm³/mol. The van der Waals surface area contributed by atoms with Gasteiger partial charge in [0, 0.05) is 30.1 Å². The molecule has 0 saturated heterocycles. The second-order valence-corrected chi connectivity index (χ2v) is 6.72. The first kappa shape index (κ1) is 16.5. The van der Waals surface area contributed by atoms with Crippen LogP contribution in [0.25, 0.3) is 33.7 Å². The molecule has 6 nitrogen and oxygen atoms in total. The van der Waals surface area contributed by atoms with Crippen molar-refractivity contribution in [1.82, 2.24) is 24.8 Å². The molecular weight excluding hydrogens is 326 g/mol. The summed E-state index contributed by atoms with van der Waals surface area (Å²) in [5, 5.41) is 9.50. The number of rotatable bonds is 5. The number of benzene rings is 2. The van der Waals surface area contributed by atoms with Gasteiger partial charge in [-0.3, -0.25) is 4.68 Å². The predicted octanol–water partition coefficient (Wildman–Crippen LogP) is 3.39. The van der Waals surface area contributed by atoms with Crippen LogP contribution in [0.3, 0.4) is 0 Å². The van der Waals surface area contributed by atoms with Crippen LogP contribution in [-0.4, -0.2) is 45.5 Å². The fraction of sp³-hybridized carbons (Fsp3) is 0.250. The molecule has 2 aromatic heterocycles. The molecule has 0 bridgehead atoms. The Hall–Kier alpha value is -2.99. The lowest BCUT2D eigenvalue weighted by Crippen LogP contribution is -2.14. The second kappa shape index (κ2) is 6.72. The molecule has 2 heterocycles. The Kier molecular flexibility index (Phi) is 4.26. The Bertz CT molecular complexity index is 1030. The molecule has 0 aliphatic carbocycles. The van der Waals surface area contributed by atoms with Crippen LogP contribution >= 0.6 is 0 Å². The summed E-state index contributed by atoms with van der Waals surface area (Å²) in [5.74, 6) is 1.11. The van der Waals surface area contributed by atoms with Gasteiger partial charge in [-0.1, -0.05) is 29.4 Å². The Morgan fingerprint density at radius 2 is 1.81 bits per heavy atom. The summed E-state index contributed by atoms with van der Waals surface area (Å²) in [7, 11) is 6.08. The van der Waals surface area contributed by atoms with Gasteiger partial charge in [0.15, 0.2) is 0 Å². The van der Waals surface area contributed by atoms with E-state index in [2.05, 4.69) is 46.4 Å². The average Bonchev–Trinajstić information content (AvgIpc) is 3.28. The highest BCUT2D eigenvalue weighted by molar-refractivity contribution is 5.83. The highest BCUT2D eigenvalue weighted by Gasteiger charge is 2.12. The second-order valence-electron chi connectivity index (χ2n) is 6.72. The van der Waals surface area contributed by atoms with Crippen molar-refractivity contribution < 1.29 is 4.52 Å². The van der Waals surface area contributed by atoms with E-state index in [-0.39, 0.29) is 0 Å². The first-order valence-corrected chi connectivity index (χ1v) is 8.60. The van der Waals surface area contributed by atoms with Gasteiger partial charge in [-0.2, -0.15) is 10.1 Å². The van der Waals surface area contributed by atoms with Crippen molar-refractivity contribution in [2.75, 3.05) is 20.6 Å². The van der Waals surface area contributed by atoms with Crippen molar-refractivity contribution in [3.8, 4) is 22.8 Å². The van der Waals surface area contributed by atoms with Crippen molar-refractivity contribution >= 4 is 10.9 Å². The molecule has 0 aliphatic heterocycles. The number of aromatic nitrogens is 4. The summed E-state index contributed by atoms with van der Waals surface area (Å²) in [6, 6.07) is 14.3. The molecule has 0 spiro atoms. The molecule has 6 heteroatoms. The van der Waals surface area contributed by atoms with Crippen LogP contribution in [-0.2, 0) is 13.5 Å². The van der Waals surface area contributed by atoms with E-state index in [9.17, 15) is 0 Å². The number of nitrogens with zero attached hydrogens (tertiary/aromatic N) is 5. The Morgan fingerprint density at radius 1 is 1.04 bits per heavy atom. The van der Waals surface area contributed by atoms with Gasteiger partial charge in [0.1, 0.15) is 0 Å². The van der Waals surface area contributed by atoms with Gasteiger partial charge >= 0.3 is 0 Å². The third-order valence-electron chi connectivity index (χ3n) is 4.48. The van der Waals surface area contributed by atoms with E-state index in [1.165, 1.54) is 5.56 Å². The van der Waals surface area contributed by atoms with E-state index < -0.39 is 0 Å². The van der Waals surface area contributed by atoms with Gasteiger partial charge in [0.2, 0.25) is 5.82 Å². The fourth-order valence-electron chi connectivity index (χ4n) is 2.91. The van der Waals surface area contributed by atoms with E-state index in [0.29, 0.717) is 11.7 Å². The van der Waals surface area contributed by atoms with Gasteiger partial charge in [-0.15, -0.1) is 0 Å². The average molecular weight is 347 g/mol. The van der Waals surface area contributed by atoms with Crippen LogP contribution in [0.4, 0.5) is 0 Å². The van der Waals surface area contributed by atoms with Gasteiger partial charge in [0.05, 0.1) is 11.7 Å². The Labute approximate surface area is 152 Å². The van der Waals surface area contributed by atoms with E-state index in [1.807, 2.05) is 48.3 Å². The largest absolute Gasteiger partial charge is 0.334 e. The highest BCUT2D eigenvalue weighted by atomic mass is 16.5. The smallest absolute Gasteiger partial charge is 0.258 e. The highest BCUT2D eigenvalue weighted by Crippen LogP contribution is 2.25. The molecular formula is C20H21N5O. The first-order chi connectivity index (χ1) is 12.6. The third kappa shape index (κ3) is 3.23. The summed E-state index contributed by atoms with van der Waals surface area (Å²) in [6.45, 7) is 1.03. The maximum atomic E-state index is 5.48. The molecule has 0 aliphatic rings. The molecule has 0 fully saturated rings. The summed E-state index contributed by atoms with van der Waals surface area (Å²) in [6.07, 6.45) is 2.87. The quantitative estimate of drug-likeness (QED) is 0.554. The van der Waals surface area contributed by atoms with Crippen molar-refractivity contribution in [1.29, 1.82) is 0 Å². The number of aryl methyl sites for hydroxylation is 1. The minimum absolute atomic E-state index is 0.532. The van der Waals surface area contributed by atoms with E-state index in [1.54, 1.807) is 0 Å². The third-order valence-corrected chi connectivity index (χ3v) is 4.48. The molecule has 4 rings (SSSR count). The summed E-state index contributed by atoms with van der Waals surface area (Å²) >= 11 is 0. The topological polar surface area (TPSA) is 60.0 Å². The Balaban J connectivity index is 1.57. The van der Waals surface area contributed by atoms with Gasteiger partial charge < -0.3 is 9.42 Å². The zero-order valence-corrected chi connectivity index (χ0v) is 15.2. The molecule has 0 atom stereocenters. The SMILES string of the molecule is CN(C)CCc1ccc(-c2nc(-c3ccc4cnn(C)c4c3)no2)cc1. The van der Waals surface area contributed by atoms with Crippen LogP contribution in [0.2, 0.25) is 0 Å². The molecule has 4 aromatic rings. The molecule has 2 aromatic carbocycles. The maximum absolute atomic E-state index is 5.48. The van der Waals surface area contributed by atoms with Crippen molar-refractivity contribution in [2.24, 2.45) is 7.05 Å². The molecule has 26 heavy (non-hydrogen) atoms. The van der Waals surface area contributed by atoms with Crippen LogP contribution in [0, 0.1) is 0 Å². The fourth-order valence-corrected chi connectivity index (χ4v) is 2.91. The number of likely N-dealkylation sites (N-methyl/N-ethyl adjacent to an activating group) is 1.